The van der Waals surface area contributed by atoms with Gasteiger partial charge in [-0.25, -0.2) is 9.78 Å². The molecule has 0 aliphatic rings. The molecule has 180 valence electrons. The lowest BCUT2D eigenvalue weighted by atomic mass is 10.2. The van der Waals surface area contributed by atoms with Crippen molar-refractivity contribution >= 4 is 34.6 Å². The van der Waals surface area contributed by atoms with E-state index in [9.17, 15) is 14.4 Å². The number of benzene rings is 2. The second-order valence-electron chi connectivity index (χ2n) is 7.96. The van der Waals surface area contributed by atoms with Crippen LogP contribution < -0.4 is 16.2 Å². The molecule has 0 unspecified atom stereocenters. The Bertz CT molecular complexity index is 1160. The van der Waals surface area contributed by atoms with Gasteiger partial charge in [-0.3, -0.25) is 19.5 Å². The molecule has 0 saturated carbocycles. The first-order valence-electron chi connectivity index (χ1n) is 11.3. The third kappa shape index (κ3) is 7.71. The number of para-hydroxylation sites is 1. The fraction of sp³-hybridized carbons (Fsp3) is 0.360. The minimum absolute atomic E-state index is 0.109. The number of urea groups is 1. The van der Waals surface area contributed by atoms with E-state index in [0.717, 1.165) is 5.56 Å². The fourth-order valence-electron chi connectivity index (χ4n) is 3.24. The summed E-state index contributed by atoms with van der Waals surface area (Å²) in [5, 5.41) is 6.11. The number of hydrogen-bond donors (Lipinski definition) is 2. The monoisotopic (exact) mass is 482 g/mol. The molecule has 0 fully saturated rings. The highest BCUT2D eigenvalue weighted by Gasteiger charge is 2.13. The van der Waals surface area contributed by atoms with Gasteiger partial charge in [0.15, 0.2) is 5.16 Å². The molecule has 0 bridgehead atoms. The van der Waals surface area contributed by atoms with Gasteiger partial charge in [0.25, 0.3) is 5.56 Å². The van der Waals surface area contributed by atoms with E-state index in [0.29, 0.717) is 47.9 Å². The van der Waals surface area contributed by atoms with Crippen molar-refractivity contribution in [3.63, 3.8) is 0 Å². The van der Waals surface area contributed by atoms with Gasteiger partial charge < -0.3 is 10.1 Å². The molecular formula is C25H30N4O4S. The third-order valence-corrected chi connectivity index (χ3v) is 5.89. The van der Waals surface area contributed by atoms with Gasteiger partial charge in [-0.2, -0.15) is 0 Å². The summed E-state index contributed by atoms with van der Waals surface area (Å²) in [6.45, 7) is 5.29. The van der Waals surface area contributed by atoms with E-state index < -0.39 is 11.9 Å². The van der Waals surface area contributed by atoms with Gasteiger partial charge in [0.05, 0.1) is 17.0 Å². The Morgan fingerprint density at radius 3 is 2.59 bits per heavy atom. The summed E-state index contributed by atoms with van der Waals surface area (Å²) in [5.74, 6) is -0.0106. The number of carbonyl (C=O) groups excluding carboxylic acids is 2. The lowest BCUT2D eigenvalue weighted by Gasteiger charge is -2.14. The average Bonchev–Trinajstić information content (AvgIpc) is 2.82. The van der Waals surface area contributed by atoms with Crippen LogP contribution in [-0.2, 0) is 22.6 Å². The number of hydrogen-bond acceptors (Lipinski definition) is 6. The predicted molar refractivity (Wildman–Crippen MR) is 134 cm³/mol. The van der Waals surface area contributed by atoms with Crippen molar-refractivity contribution in [1.82, 2.24) is 20.2 Å². The maximum Gasteiger partial charge on any atom is 0.321 e. The summed E-state index contributed by atoms with van der Waals surface area (Å²) in [6.07, 6.45) is 0.916. The van der Waals surface area contributed by atoms with Crippen molar-refractivity contribution in [2.24, 2.45) is 0 Å². The third-order valence-electron chi connectivity index (χ3n) is 4.91. The maximum absolute atomic E-state index is 13.0. The topological polar surface area (TPSA) is 102 Å². The Morgan fingerprint density at radius 2 is 1.82 bits per heavy atom. The van der Waals surface area contributed by atoms with Gasteiger partial charge in [0.2, 0.25) is 5.91 Å². The molecule has 0 saturated heterocycles. The van der Waals surface area contributed by atoms with Crippen LogP contribution >= 0.6 is 11.8 Å². The van der Waals surface area contributed by atoms with Gasteiger partial charge in [-0.1, -0.05) is 54.2 Å². The normalized spacial score (nSPS) is 11.0. The van der Waals surface area contributed by atoms with Gasteiger partial charge in [-0.05, 0) is 38.0 Å². The van der Waals surface area contributed by atoms with Crippen LogP contribution in [0.15, 0.2) is 64.5 Å². The van der Waals surface area contributed by atoms with Gasteiger partial charge in [0.1, 0.15) is 0 Å². The number of aromatic nitrogens is 2. The first kappa shape index (κ1) is 25.5. The first-order chi connectivity index (χ1) is 16.4. The molecule has 9 heteroatoms. The van der Waals surface area contributed by atoms with E-state index >= 15 is 0 Å². The van der Waals surface area contributed by atoms with Crippen LogP contribution in [-0.4, -0.2) is 40.0 Å². The summed E-state index contributed by atoms with van der Waals surface area (Å²) in [6, 6.07) is 16.1. The molecule has 3 amide bonds. The Labute approximate surface area is 203 Å². The zero-order valence-electron chi connectivity index (χ0n) is 19.5. The van der Waals surface area contributed by atoms with Gasteiger partial charge in [0, 0.05) is 31.9 Å². The predicted octanol–water partition coefficient (Wildman–Crippen LogP) is 3.72. The van der Waals surface area contributed by atoms with Crippen molar-refractivity contribution in [2.45, 2.75) is 51.0 Å². The van der Waals surface area contributed by atoms with Crippen molar-refractivity contribution in [3.8, 4) is 0 Å². The molecule has 0 radical (unpaired) electrons. The maximum atomic E-state index is 13.0. The minimum Gasteiger partial charge on any atom is -0.379 e. The van der Waals surface area contributed by atoms with Crippen LogP contribution in [0.5, 0.6) is 0 Å². The number of nitrogens with one attached hydrogen (secondary N) is 2. The molecule has 0 spiro atoms. The number of thioether (sulfide) groups is 1. The molecule has 0 aliphatic heterocycles. The second-order valence-corrected chi connectivity index (χ2v) is 9.02. The summed E-state index contributed by atoms with van der Waals surface area (Å²) < 4.78 is 7.24. The van der Waals surface area contributed by atoms with E-state index in [4.69, 9.17) is 4.74 Å². The summed E-state index contributed by atoms with van der Waals surface area (Å²) in [5.41, 5.74) is 1.46. The highest BCUT2D eigenvalue weighted by atomic mass is 32.2. The molecule has 3 rings (SSSR count). The number of imide groups is 1. The summed E-state index contributed by atoms with van der Waals surface area (Å²) >= 11 is 1.32. The number of rotatable bonds is 11. The molecule has 2 N–H and O–H groups in total. The van der Waals surface area contributed by atoms with Gasteiger partial charge >= 0.3 is 6.03 Å². The quantitative estimate of drug-likeness (QED) is 0.245. The highest BCUT2D eigenvalue weighted by Crippen LogP contribution is 2.19. The Balaban J connectivity index is 1.56. The zero-order valence-corrected chi connectivity index (χ0v) is 20.3. The van der Waals surface area contributed by atoms with Crippen molar-refractivity contribution < 1.29 is 14.3 Å². The Hall–Kier alpha value is -3.17. The fourth-order valence-corrected chi connectivity index (χ4v) is 4.21. The standard InChI is InChI=1S/C25H30N4O4S/c1-18(2)33-15-8-14-29-23(31)20-11-6-7-12-21(20)27-25(29)34-16-13-22(30)28-24(32)26-17-19-9-4-3-5-10-19/h3-7,9-12,18H,8,13-17H2,1-2H3,(H2,26,28,30,32). The second kappa shape index (κ2) is 12.9. The molecule has 1 aromatic heterocycles. The van der Waals surface area contributed by atoms with Crippen molar-refractivity contribution in [2.75, 3.05) is 12.4 Å². The largest absolute Gasteiger partial charge is 0.379 e. The highest BCUT2D eigenvalue weighted by molar-refractivity contribution is 7.99. The van der Waals surface area contributed by atoms with Crippen LogP contribution in [0.1, 0.15) is 32.3 Å². The molecule has 0 aliphatic carbocycles. The molecule has 2 aromatic carbocycles. The van der Waals surface area contributed by atoms with Crippen molar-refractivity contribution in [3.05, 3.63) is 70.5 Å². The SMILES string of the molecule is CC(C)OCCCn1c(SCCC(=O)NC(=O)NCc2ccccc2)nc2ccccc2c1=O. The first-order valence-corrected chi connectivity index (χ1v) is 12.3. The van der Waals surface area contributed by atoms with Crippen LogP contribution in [0, 0.1) is 0 Å². The van der Waals surface area contributed by atoms with Crippen LogP contribution in [0.2, 0.25) is 0 Å². The van der Waals surface area contributed by atoms with Crippen LogP contribution in [0.3, 0.4) is 0 Å². The van der Waals surface area contributed by atoms with E-state index in [-0.39, 0.29) is 18.1 Å². The summed E-state index contributed by atoms with van der Waals surface area (Å²) in [4.78, 5) is 41.9. The number of fused-ring (bicyclic) bond motifs is 1. The summed E-state index contributed by atoms with van der Waals surface area (Å²) in [7, 11) is 0. The number of ether oxygens (including phenoxy) is 1. The number of nitrogens with zero attached hydrogens (tertiary/aromatic N) is 2. The van der Waals surface area contributed by atoms with Gasteiger partial charge in [-0.15, -0.1) is 0 Å². The molecule has 1 heterocycles. The van der Waals surface area contributed by atoms with E-state index in [2.05, 4.69) is 15.6 Å². The number of carbonyl (C=O) groups is 2. The Kier molecular flexibility index (Phi) is 9.66. The zero-order chi connectivity index (χ0) is 24.3. The average molecular weight is 483 g/mol. The lowest BCUT2D eigenvalue weighted by molar-refractivity contribution is -0.119. The van der Waals surface area contributed by atoms with E-state index in [1.165, 1.54) is 11.8 Å². The molecule has 0 atom stereocenters. The smallest absolute Gasteiger partial charge is 0.321 e. The molecule has 8 nitrogen and oxygen atoms in total. The van der Waals surface area contributed by atoms with E-state index in [1.807, 2.05) is 56.3 Å². The van der Waals surface area contributed by atoms with E-state index in [1.54, 1.807) is 16.7 Å². The van der Waals surface area contributed by atoms with Crippen LogP contribution in [0.4, 0.5) is 4.79 Å². The lowest BCUT2D eigenvalue weighted by Crippen LogP contribution is -2.39. The minimum atomic E-state index is -0.537. The molecule has 3 aromatic rings. The molecular weight excluding hydrogens is 452 g/mol. The van der Waals surface area contributed by atoms with Crippen molar-refractivity contribution in [1.29, 1.82) is 0 Å². The van der Waals surface area contributed by atoms with Crippen LogP contribution in [0.25, 0.3) is 10.9 Å². The molecule has 34 heavy (non-hydrogen) atoms. The number of amides is 3. The Morgan fingerprint density at radius 1 is 1.09 bits per heavy atom.